The lowest BCUT2D eigenvalue weighted by molar-refractivity contribution is 0.104. The molecule has 2 heteroatoms. The van der Waals surface area contributed by atoms with E-state index in [0.29, 0.717) is 16.8 Å². The summed E-state index contributed by atoms with van der Waals surface area (Å²) in [5.74, 6) is -0.0250. The van der Waals surface area contributed by atoms with Gasteiger partial charge in [0.2, 0.25) is 0 Å². The summed E-state index contributed by atoms with van der Waals surface area (Å²) in [5, 5.41) is 2.02. The number of aryl methyl sites for hydroxylation is 1. The van der Waals surface area contributed by atoms with Crippen LogP contribution in [0, 0.1) is 6.92 Å². The Morgan fingerprint density at radius 1 is 0.900 bits per heavy atom. The van der Waals surface area contributed by atoms with E-state index < -0.39 is 0 Å². The van der Waals surface area contributed by atoms with E-state index in [1.807, 2.05) is 61.5 Å². The van der Waals surface area contributed by atoms with Gasteiger partial charge in [0, 0.05) is 16.8 Å². The van der Waals surface area contributed by atoms with Crippen LogP contribution in [0.25, 0.3) is 10.8 Å². The summed E-state index contributed by atoms with van der Waals surface area (Å²) >= 11 is 0. The summed E-state index contributed by atoms with van der Waals surface area (Å²) in [4.78, 5) is 12.8. The molecule has 0 fully saturated rings. The van der Waals surface area contributed by atoms with Crippen LogP contribution in [0.3, 0.4) is 0 Å². The molecule has 0 saturated carbocycles. The Labute approximate surface area is 117 Å². The Bertz CT molecular complexity index is 800. The molecule has 3 aromatic carbocycles. The second-order valence-corrected chi connectivity index (χ2v) is 4.95. The fraction of sp³-hybridized carbons (Fsp3) is 0.0556. The third kappa shape index (κ3) is 2.05. The molecule has 0 saturated heterocycles. The normalized spacial score (nSPS) is 10.7. The minimum absolute atomic E-state index is 0.0250. The van der Waals surface area contributed by atoms with E-state index in [4.69, 9.17) is 5.73 Å². The van der Waals surface area contributed by atoms with E-state index >= 15 is 0 Å². The zero-order valence-electron chi connectivity index (χ0n) is 11.3. The lowest BCUT2D eigenvalue weighted by atomic mass is 9.95. The predicted octanol–water partition coefficient (Wildman–Crippen LogP) is 3.96. The number of rotatable bonds is 2. The highest BCUT2D eigenvalue weighted by molar-refractivity contribution is 6.18. The van der Waals surface area contributed by atoms with Gasteiger partial charge in [-0.3, -0.25) is 4.79 Å². The molecular formula is C18H15NO. The molecule has 0 unspecified atom stereocenters. The molecule has 3 rings (SSSR count). The summed E-state index contributed by atoms with van der Waals surface area (Å²) < 4.78 is 0. The molecule has 0 aliphatic heterocycles. The number of carbonyl (C=O) groups is 1. The molecule has 0 radical (unpaired) electrons. The van der Waals surface area contributed by atoms with Crippen LogP contribution in [-0.2, 0) is 0 Å². The van der Waals surface area contributed by atoms with Gasteiger partial charge in [-0.2, -0.15) is 0 Å². The van der Waals surface area contributed by atoms with Crippen molar-refractivity contribution in [3.05, 3.63) is 77.4 Å². The average molecular weight is 261 g/mol. The molecule has 0 atom stereocenters. The summed E-state index contributed by atoms with van der Waals surface area (Å²) in [5.41, 5.74) is 8.77. The van der Waals surface area contributed by atoms with Crippen molar-refractivity contribution in [2.45, 2.75) is 6.92 Å². The molecule has 2 N–H and O–H groups in total. The van der Waals surface area contributed by atoms with Crippen molar-refractivity contribution in [3.63, 3.8) is 0 Å². The first kappa shape index (κ1) is 12.4. The van der Waals surface area contributed by atoms with Crippen LogP contribution < -0.4 is 5.73 Å². The van der Waals surface area contributed by atoms with Gasteiger partial charge in [0.25, 0.3) is 0 Å². The largest absolute Gasteiger partial charge is 0.398 e. The molecule has 0 aliphatic carbocycles. The highest BCUT2D eigenvalue weighted by atomic mass is 16.1. The molecule has 3 aromatic rings. The maximum atomic E-state index is 12.8. The van der Waals surface area contributed by atoms with Crippen LogP contribution >= 0.6 is 0 Å². The van der Waals surface area contributed by atoms with Crippen LogP contribution in [0.2, 0.25) is 0 Å². The first-order valence-electron chi connectivity index (χ1n) is 6.55. The number of anilines is 1. The SMILES string of the molecule is Cc1ccc(N)c(C(=O)c2cccc3ccccc23)c1. The Balaban J connectivity index is 2.20. The Kier molecular flexibility index (Phi) is 2.99. The highest BCUT2D eigenvalue weighted by Gasteiger charge is 2.14. The topological polar surface area (TPSA) is 43.1 Å². The van der Waals surface area contributed by atoms with Crippen LogP contribution in [0.1, 0.15) is 21.5 Å². The van der Waals surface area contributed by atoms with Gasteiger partial charge in [0.05, 0.1) is 0 Å². The van der Waals surface area contributed by atoms with Gasteiger partial charge in [0.15, 0.2) is 5.78 Å². The van der Waals surface area contributed by atoms with Crippen LogP contribution in [0.15, 0.2) is 60.7 Å². The van der Waals surface area contributed by atoms with Gasteiger partial charge in [-0.05, 0) is 29.8 Å². The zero-order valence-corrected chi connectivity index (χ0v) is 11.3. The quantitative estimate of drug-likeness (QED) is 0.560. The molecule has 20 heavy (non-hydrogen) atoms. The molecule has 98 valence electrons. The van der Waals surface area contributed by atoms with Crippen molar-refractivity contribution < 1.29 is 4.79 Å². The van der Waals surface area contributed by atoms with Crippen molar-refractivity contribution in [3.8, 4) is 0 Å². The molecule has 0 aromatic heterocycles. The number of benzene rings is 3. The Hall–Kier alpha value is -2.61. The summed E-state index contributed by atoms with van der Waals surface area (Å²) in [7, 11) is 0. The van der Waals surface area contributed by atoms with Crippen molar-refractivity contribution in [2.24, 2.45) is 0 Å². The minimum atomic E-state index is -0.0250. The van der Waals surface area contributed by atoms with E-state index in [1.165, 1.54) is 0 Å². The molecule has 0 spiro atoms. The van der Waals surface area contributed by atoms with Crippen molar-refractivity contribution >= 4 is 22.2 Å². The zero-order chi connectivity index (χ0) is 14.1. The smallest absolute Gasteiger partial charge is 0.195 e. The monoisotopic (exact) mass is 261 g/mol. The maximum absolute atomic E-state index is 12.8. The molecule has 0 bridgehead atoms. The lowest BCUT2D eigenvalue weighted by Crippen LogP contribution is -2.06. The first-order valence-corrected chi connectivity index (χ1v) is 6.55. The van der Waals surface area contributed by atoms with Crippen molar-refractivity contribution in [1.82, 2.24) is 0 Å². The first-order chi connectivity index (χ1) is 9.66. The van der Waals surface area contributed by atoms with Crippen LogP contribution in [-0.4, -0.2) is 5.78 Å². The van der Waals surface area contributed by atoms with E-state index in [0.717, 1.165) is 16.3 Å². The highest BCUT2D eigenvalue weighted by Crippen LogP contribution is 2.24. The fourth-order valence-electron chi connectivity index (χ4n) is 2.44. The predicted molar refractivity (Wildman–Crippen MR) is 83.0 cm³/mol. The molecule has 0 heterocycles. The molecule has 0 aliphatic rings. The number of ketones is 1. The number of hydrogen-bond acceptors (Lipinski definition) is 2. The lowest BCUT2D eigenvalue weighted by Gasteiger charge is -2.09. The molecular weight excluding hydrogens is 246 g/mol. The number of fused-ring (bicyclic) bond motifs is 1. The minimum Gasteiger partial charge on any atom is -0.398 e. The van der Waals surface area contributed by atoms with Gasteiger partial charge in [0.1, 0.15) is 0 Å². The number of hydrogen-bond donors (Lipinski definition) is 1. The standard InChI is InChI=1S/C18H15NO/c1-12-9-10-17(19)16(11-12)18(20)15-8-4-6-13-5-2-3-7-14(13)15/h2-11H,19H2,1H3. The van der Waals surface area contributed by atoms with Gasteiger partial charge in [-0.1, -0.05) is 54.1 Å². The van der Waals surface area contributed by atoms with Crippen LogP contribution in [0.4, 0.5) is 5.69 Å². The van der Waals surface area contributed by atoms with E-state index in [2.05, 4.69) is 0 Å². The van der Waals surface area contributed by atoms with Crippen molar-refractivity contribution in [1.29, 1.82) is 0 Å². The second kappa shape index (κ2) is 4.82. The third-order valence-electron chi connectivity index (χ3n) is 3.49. The van der Waals surface area contributed by atoms with Gasteiger partial charge in [-0.25, -0.2) is 0 Å². The summed E-state index contributed by atoms with van der Waals surface area (Å²) in [6.45, 7) is 1.96. The Morgan fingerprint density at radius 2 is 1.65 bits per heavy atom. The van der Waals surface area contributed by atoms with Gasteiger partial charge < -0.3 is 5.73 Å². The Morgan fingerprint density at radius 3 is 2.50 bits per heavy atom. The summed E-state index contributed by atoms with van der Waals surface area (Å²) in [6, 6.07) is 19.2. The second-order valence-electron chi connectivity index (χ2n) is 4.95. The third-order valence-corrected chi connectivity index (χ3v) is 3.49. The summed E-state index contributed by atoms with van der Waals surface area (Å²) in [6.07, 6.45) is 0. The van der Waals surface area contributed by atoms with E-state index in [1.54, 1.807) is 6.07 Å². The average Bonchev–Trinajstić information content (AvgIpc) is 2.48. The maximum Gasteiger partial charge on any atom is 0.195 e. The number of nitrogen functional groups attached to an aromatic ring is 1. The van der Waals surface area contributed by atoms with E-state index in [9.17, 15) is 4.79 Å². The van der Waals surface area contributed by atoms with Gasteiger partial charge >= 0.3 is 0 Å². The fourth-order valence-corrected chi connectivity index (χ4v) is 2.44. The van der Waals surface area contributed by atoms with Crippen LogP contribution in [0.5, 0.6) is 0 Å². The van der Waals surface area contributed by atoms with Gasteiger partial charge in [-0.15, -0.1) is 0 Å². The molecule has 2 nitrogen and oxygen atoms in total. The molecule has 0 amide bonds. The van der Waals surface area contributed by atoms with E-state index in [-0.39, 0.29) is 5.78 Å². The number of nitrogens with two attached hydrogens (primary N) is 1. The number of carbonyl (C=O) groups excluding carboxylic acids is 1. The van der Waals surface area contributed by atoms with Crippen molar-refractivity contribution in [2.75, 3.05) is 5.73 Å².